The minimum absolute atomic E-state index is 0.0417. The first-order valence-corrected chi connectivity index (χ1v) is 11.4. The lowest BCUT2D eigenvalue weighted by Crippen LogP contribution is -2.43. The molecule has 152 valence electrons. The normalized spacial score (nSPS) is 21.4. The van der Waals surface area contributed by atoms with Crippen molar-refractivity contribution in [1.82, 2.24) is 10.0 Å². The Hall–Kier alpha value is -1.60. The number of carbonyl (C=O) groups excluding carboxylic acids is 1. The van der Waals surface area contributed by atoms with Gasteiger partial charge in [0.2, 0.25) is 15.9 Å². The zero-order chi connectivity index (χ0) is 19.9. The van der Waals surface area contributed by atoms with Crippen molar-refractivity contribution in [2.24, 2.45) is 5.92 Å². The van der Waals surface area contributed by atoms with Gasteiger partial charge in [-0.15, -0.1) is 0 Å². The molecule has 0 aromatic heterocycles. The lowest BCUT2D eigenvalue weighted by molar-refractivity contribution is -0.126. The molecule has 6 nitrogen and oxygen atoms in total. The summed E-state index contributed by atoms with van der Waals surface area (Å²) in [7, 11) is -3.27. The SMILES string of the molecule is CCOc1cccc(CNC(=O)C2CCC(NS(=O)(=O)C(C)CC)CC2)c1. The Balaban J connectivity index is 1.79. The number of hydrogen-bond donors (Lipinski definition) is 2. The zero-order valence-electron chi connectivity index (χ0n) is 16.5. The van der Waals surface area contributed by atoms with Crippen molar-refractivity contribution >= 4 is 15.9 Å². The number of hydrogen-bond acceptors (Lipinski definition) is 4. The van der Waals surface area contributed by atoms with Crippen LogP contribution in [0.4, 0.5) is 0 Å². The molecule has 7 heteroatoms. The smallest absolute Gasteiger partial charge is 0.223 e. The van der Waals surface area contributed by atoms with Gasteiger partial charge in [-0.1, -0.05) is 19.1 Å². The van der Waals surface area contributed by atoms with Crippen molar-refractivity contribution < 1.29 is 17.9 Å². The third-order valence-electron chi connectivity index (χ3n) is 5.21. The second-order valence-electron chi connectivity index (χ2n) is 7.23. The fourth-order valence-electron chi connectivity index (χ4n) is 3.29. The molecule has 0 aliphatic heterocycles. The summed E-state index contributed by atoms with van der Waals surface area (Å²) in [5.74, 6) is 0.794. The minimum Gasteiger partial charge on any atom is -0.494 e. The highest BCUT2D eigenvalue weighted by atomic mass is 32.2. The van der Waals surface area contributed by atoms with E-state index in [0.717, 1.165) is 11.3 Å². The topological polar surface area (TPSA) is 84.5 Å². The van der Waals surface area contributed by atoms with Crippen LogP contribution in [-0.4, -0.2) is 32.2 Å². The molecular formula is C20H32N2O4S. The van der Waals surface area contributed by atoms with Crippen molar-refractivity contribution in [3.05, 3.63) is 29.8 Å². The van der Waals surface area contributed by atoms with Gasteiger partial charge in [0.1, 0.15) is 5.75 Å². The number of nitrogens with one attached hydrogen (secondary N) is 2. The van der Waals surface area contributed by atoms with E-state index in [1.165, 1.54) is 0 Å². The predicted octanol–water partition coefficient (Wildman–Crippen LogP) is 2.98. The van der Waals surface area contributed by atoms with E-state index in [2.05, 4.69) is 10.0 Å². The molecule has 0 spiro atoms. The molecule has 1 amide bonds. The Morgan fingerprint density at radius 1 is 1.22 bits per heavy atom. The summed E-state index contributed by atoms with van der Waals surface area (Å²) in [6.45, 7) is 6.62. The Bertz CT molecular complexity index is 712. The van der Waals surface area contributed by atoms with E-state index in [1.807, 2.05) is 38.1 Å². The van der Waals surface area contributed by atoms with Crippen LogP contribution in [0.25, 0.3) is 0 Å². The van der Waals surface area contributed by atoms with Crippen molar-refractivity contribution in [2.45, 2.75) is 70.7 Å². The molecule has 1 saturated carbocycles. The third-order valence-corrected chi connectivity index (χ3v) is 7.26. The van der Waals surface area contributed by atoms with Crippen LogP contribution in [0, 0.1) is 5.92 Å². The molecule has 1 unspecified atom stereocenters. The van der Waals surface area contributed by atoms with Gasteiger partial charge in [0.15, 0.2) is 0 Å². The molecule has 0 radical (unpaired) electrons. The van der Waals surface area contributed by atoms with E-state index in [9.17, 15) is 13.2 Å². The lowest BCUT2D eigenvalue weighted by atomic mass is 9.86. The first-order valence-electron chi connectivity index (χ1n) is 9.86. The molecule has 1 aliphatic carbocycles. The molecule has 1 aromatic carbocycles. The second kappa shape index (κ2) is 10.1. The highest BCUT2D eigenvalue weighted by Crippen LogP contribution is 2.25. The van der Waals surface area contributed by atoms with Gasteiger partial charge in [0, 0.05) is 18.5 Å². The molecule has 2 rings (SSSR count). The molecule has 1 aromatic rings. The monoisotopic (exact) mass is 396 g/mol. The van der Waals surface area contributed by atoms with Crippen LogP contribution in [0.15, 0.2) is 24.3 Å². The van der Waals surface area contributed by atoms with Crippen molar-refractivity contribution in [3.8, 4) is 5.75 Å². The van der Waals surface area contributed by atoms with E-state index in [-0.39, 0.29) is 23.1 Å². The summed E-state index contributed by atoms with van der Waals surface area (Å²) in [6.07, 6.45) is 3.41. The maximum absolute atomic E-state index is 12.4. The standard InChI is InChI=1S/C20H32N2O4S/c1-4-15(3)27(24,25)22-18-11-9-17(10-12-18)20(23)21-14-16-7-6-8-19(13-16)26-5-2/h6-8,13,15,17-18,22H,4-5,9-12,14H2,1-3H3,(H,21,23). The molecule has 1 fully saturated rings. The van der Waals surface area contributed by atoms with E-state index in [4.69, 9.17) is 4.74 Å². The molecule has 2 N–H and O–H groups in total. The first-order chi connectivity index (χ1) is 12.9. The number of rotatable bonds is 9. The minimum atomic E-state index is -3.27. The fraction of sp³-hybridized carbons (Fsp3) is 0.650. The quantitative estimate of drug-likeness (QED) is 0.672. The Morgan fingerprint density at radius 3 is 2.56 bits per heavy atom. The van der Waals surface area contributed by atoms with Gasteiger partial charge in [-0.2, -0.15) is 0 Å². The molecular weight excluding hydrogens is 364 g/mol. The van der Waals surface area contributed by atoms with Crippen LogP contribution < -0.4 is 14.8 Å². The maximum atomic E-state index is 12.4. The van der Waals surface area contributed by atoms with Gasteiger partial charge in [-0.05, 0) is 63.6 Å². The Morgan fingerprint density at radius 2 is 1.93 bits per heavy atom. The summed E-state index contributed by atoms with van der Waals surface area (Å²) in [4.78, 5) is 12.4. The largest absolute Gasteiger partial charge is 0.494 e. The van der Waals surface area contributed by atoms with E-state index >= 15 is 0 Å². The number of ether oxygens (including phenoxy) is 1. The van der Waals surface area contributed by atoms with Crippen LogP contribution in [0.1, 0.15) is 58.4 Å². The first kappa shape index (κ1) is 21.7. The average Bonchev–Trinajstić information content (AvgIpc) is 2.66. The van der Waals surface area contributed by atoms with Crippen LogP contribution in [0.5, 0.6) is 5.75 Å². The third kappa shape index (κ3) is 6.50. The van der Waals surface area contributed by atoms with Gasteiger partial charge in [0.05, 0.1) is 11.9 Å². The molecule has 0 saturated heterocycles. The van der Waals surface area contributed by atoms with Crippen LogP contribution in [0.2, 0.25) is 0 Å². The van der Waals surface area contributed by atoms with Gasteiger partial charge in [0.25, 0.3) is 0 Å². The fourth-order valence-corrected chi connectivity index (χ4v) is 4.66. The molecule has 0 heterocycles. The van der Waals surface area contributed by atoms with Crippen LogP contribution in [0.3, 0.4) is 0 Å². The molecule has 0 bridgehead atoms. The van der Waals surface area contributed by atoms with E-state index in [0.29, 0.717) is 45.3 Å². The summed E-state index contributed by atoms with van der Waals surface area (Å²) < 4.78 is 32.6. The number of sulfonamides is 1. The van der Waals surface area contributed by atoms with Crippen LogP contribution >= 0.6 is 0 Å². The maximum Gasteiger partial charge on any atom is 0.223 e. The van der Waals surface area contributed by atoms with Crippen LogP contribution in [-0.2, 0) is 21.4 Å². The van der Waals surface area contributed by atoms with Gasteiger partial charge >= 0.3 is 0 Å². The average molecular weight is 397 g/mol. The van der Waals surface area contributed by atoms with Gasteiger partial charge in [-0.3, -0.25) is 4.79 Å². The highest BCUT2D eigenvalue weighted by molar-refractivity contribution is 7.90. The zero-order valence-corrected chi connectivity index (χ0v) is 17.3. The number of benzene rings is 1. The molecule has 1 atom stereocenters. The van der Waals surface area contributed by atoms with Crippen molar-refractivity contribution in [3.63, 3.8) is 0 Å². The summed E-state index contributed by atoms with van der Waals surface area (Å²) in [5.41, 5.74) is 1.00. The van der Waals surface area contributed by atoms with Crippen molar-refractivity contribution in [1.29, 1.82) is 0 Å². The number of amides is 1. The van der Waals surface area contributed by atoms with Gasteiger partial charge in [-0.25, -0.2) is 13.1 Å². The molecule has 27 heavy (non-hydrogen) atoms. The lowest BCUT2D eigenvalue weighted by Gasteiger charge is -2.29. The number of carbonyl (C=O) groups is 1. The summed E-state index contributed by atoms with van der Waals surface area (Å²) >= 11 is 0. The second-order valence-corrected chi connectivity index (χ2v) is 9.36. The Kier molecular flexibility index (Phi) is 8.10. The summed E-state index contributed by atoms with van der Waals surface area (Å²) in [6, 6.07) is 7.65. The highest BCUT2D eigenvalue weighted by Gasteiger charge is 2.29. The summed E-state index contributed by atoms with van der Waals surface area (Å²) in [5, 5.41) is 2.61. The molecule has 1 aliphatic rings. The Labute approximate surface area is 163 Å². The predicted molar refractivity (Wildman–Crippen MR) is 107 cm³/mol. The van der Waals surface area contributed by atoms with E-state index in [1.54, 1.807) is 6.92 Å². The van der Waals surface area contributed by atoms with Gasteiger partial charge < -0.3 is 10.1 Å². The van der Waals surface area contributed by atoms with E-state index < -0.39 is 10.0 Å². The van der Waals surface area contributed by atoms with Crippen molar-refractivity contribution in [2.75, 3.05) is 6.61 Å².